The summed E-state index contributed by atoms with van der Waals surface area (Å²) in [6.45, 7) is 3.13. The van der Waals surface area contributed by atoms with E-state index >= 15 is 0 Å². The van der Waals surface area contributed by atoms with Gasteiger partial charge in [-0.25, -0.2) is 0 Å². The van der Waals surface area contributed by atoms with Gasteiger partial charge in [0.1, 0.15) is 0 Å². The molecule has 0 aliphatic heterocycles. The minimum Gasteiger partial charge on any atom is -0.385 e. The first-order chi connectivity index (χ1) is 9.15. The number of rotatable bonds is 9. The van der Waals surface area contributed by atoms with E-state index in [1.165, 1.54) is 38.2 Å². The molecule has 0 unspecified atom stereocenters. The number of hydrogen-bond acceptors (Lipinski definition) is 3. The highest BCUT2D eigenvalue weighted by atomic mass is 79.9. The van der Waals surface area contributed by atoms with Gasteiger partial charge < -0.3 is 5.32 Å². The van der Waals surface area contributed by atoms with Crippen molar-refractivity contribution in [3.05, 3.63) is 32.8 Å². The van der Waals surface area contributed by atoms with Crippen LogP contribution in [0, 0.1) is 10.1 Å². The molecule has 0 atom stereocenters. The molecule has 0 saturated heterocycles. The first-order valence-electron chi connectivity index (χ1n) is 6.83. The number of halogens is 1. The third-order valence-corrected chi connectivity index (χ3v) is 3.64. The molecule has 0 aromatic heterocycles. The lowest BCUT2D eigenvalue weighted by atomic mass is 10.1. The second-order valence-electron chi connectivity index (χ2n) is 4.62. The first-order valence-corrected chi connectivity index (χ1v) is 7.62. The summed E-state index contributed by atoms with van der Waals surface area (Å²) >= 11 is 3.22. The Bertz CT molecular complexity index is 410. The van der Waals surface area contributed by atoms with Crippen LogP contribution < -0.4 is 5.32 Å². The molecule has 0 radical (unpaired) electrons. The number of nitro groups is 1. The van der Waals surface area contributed by atoms with Crippen LogP contribution >= 0.6 is 15.9 Å². The van der Waals surface area contributed by atoms with Gasteiger partial charge in [-0.15, -0.1) is 0 Å². The molecule has 0 bridgehead atoms. The SMILES string of the molecule is CCCCCCCCNc1ccc([N+](=O)[O-])c(Br)c1. The van der Waals surface area contributed by atoms with Crippen LogP contribution in [0.5, 0.6) is 0 Å². The van der Waals surface area contributed by atoms with E-state index in [-0.39, 0.29) is 10.6 Å². The van der Waals surface area contributed by atoms with Crippen molar-refractivity contribution in [3.63, 3.8) is 0 Å². The van der Waals surface area contributed by atoms with Crippen LogP contribution in [0.2, 0.25) is 0 Å². The van der Waals surface area contributed by atoms with Gasteiger partial charge in [0, 0.05) is 18.3 Å². The Balaban J connectivity index is 2.26. The topological polar surface area (TPSA) is 55.2 Å². The van der Waals surface area contributed by atoms with Crippen molar-refractivity contribution in [2.45, 2.75) is 45.4 Å². The smallest absolute Gasteiger partial charge is 0.283 e. The summed E-state index contributed by atoms with van der Waals surface area (Å²) in [6, 6.07) is 5.03. The van der Waals surface area contributed by atoms with E-state index < -0.39 is 0 Å². The molecule has 0 spiro atoms. The molecule has 0 fully saturated rings. The normalized spacial score (nSPS) is 10.4. The van der Waals surface area contributed by atoms with Crippen LogP contribution in [0.4, 0.5) is 11.4 Å². The molecule has 0 heterocycles. The summed E-state index contributed by atoms with van der Waals surface area (Å²) < 4.78 is 0.519. The van der Waals surface area contributed by atoms with E-state index in [9.17, 15) is 10.1 Å². The standard InChI is InChI=1S/C14H21BrN2O2/c1-2-3-4-5-6-7-10-16-12-8-9-14(17(18)19)13(15)11-12/h8-9,11,16H,2-7,10H2,1H3. The second kappa shape index (κ2) is 8.91. The largest absolute Gasteiger partial charge is 0.385 e. The molecule has 0 amide bonds. The van der Waals surface area contributed by atoms with Crippen molar-refractivity contribution >= 4 is 27.3 Å². The molecule has 0 saturated carbocycles. The fraction of sp³-hybridized carbons (Fsp3) is 0.571. The maximum Gasteiger partial charge on any atom is 0.283 e. The second-order valence-corrected chi connectivity index (χ2v) is 5.47. The van der Waals surface area contributed by atoms with E-state index in [0.29, 0.717) is 4.47 Å². The van der Waals surface area contributed by atoms with E-state index in [4.69, 9.17) is 0 Å². The molecule has 4 nitrogen and oxygen atoms in total. The van der Waals surface area contributed by atoms with Gasteiger partial charge in [-0.3, -0.25) is 10.1 Å². The van der Waals surface area contributed by atoms with Gasteiger partial charge in [-0.05, 0) is 34.5 Å². The average Bonchev–Trinajstić information content (AvgIpc) is 2.37. The number of hydrogen-bond donors (Lipinski definition) is 1. The number of unbranched alkanes of at least 4 members (excludes halogenated alkanes) is 5. The summed E-state index contributed by atoms with van der Waals surface area (Å²) in [4.78, 5) is 10.3. The van der Waals surface area contributed by atoms with Gasteiger partial charge in [0.15, 0.2) is 0 Å². The minimum absolute atomic E-state index is 0.102. The molecule has 0 aliphatic carbocycles. The Hall–Kier alpha value is -1.10. The Morgan fingerprint density at radius 3 is 2.53 bits per heavy atom. The number of anilines is 1. The van der Waals surface area contributed by atoms with E-state index in [0.717, 1.165) is 18.7 Å². The Kier molecular flexibility index (Phi) is 7.48. The van der Waals surface area contributed by atoms with Crippen molar-refractivity contribution in [1.82, 2.24) is 0 Å². The zero-order valence-corrected chi connectivity index (χ0v) is 12.9. The fourth-order valence-corrected chi connectivity index (χ4v) is 2.43. The maximum absolute atomic E-state index is 10.7. The predicted octanol–water partition coefficient (Wildman–Crippen LogP) is 5.13. The highest BCUT2D eigenvalue weighted by molar-refractivity contribution is 9.10. The van der Waals surface area contributed by atoms with Crippen LogP contribution in [0.1, 0.15) is 45.4 Å². The lowest BCUT2D eigenvalue weighted by Crippen LogP contribution is -2.01. The summed E-state index contributed by atoms with van der Waals surface area (Å²) in [5, 5.41) is 14.0. The molecule has 1 aromatic rings. The van der Waals surface area contributed by atoms with E-state index in [1.807, 2.05) is 0 Å². The summed E-state index contributed by atoms with van der Waals surface area (Å²) in [6.07, 6.45) is 7.58. The Labute approximate surface area is 122 Å². The van der Waals surface area contributed by atoms with Gasteiger partial charge in [-0.1, -0.05) is 39.0 Å². The lowest BCUT2D eigenvalue weighted by molar-refractivity contribution is -0.385. The fourth-order valence-electron chi connectivity index (χ4n) is 1.90. The molecule has 106 valence electrons. The monoisotopic (exact) mass is 328 g/mol. The van der Waals surface area contributed by atoms with E-state index in [2.05, 4.69) is 28.2 Å². The Morgan fingerprint density at radius 2 is 1.89 bits per heavy atom. The van der Waals surface area contributed by atoms with Crippen LogP contribution in [0.25, 0.3) is 0 Å². The minimum atomic E-state index is -0.387. The van der Waals surface area contributed by atoms with Gasteiger partial charge in [-0.2, -0.15) is 0 Å². The molecular formula is C14H21BrN2O2. The number of benzene rings is 1. The number of nitrogens with one attached hydrogen (secondary N) is 1. The zero-order valence-electron chi connectivity index (χ0n) is 11.3. The van der Waals surface area contributed by atoms with Crippen molar-refractivity contribution in [3.8, 4) is 0 Å². The van der Waals surface area contributed by atoms with Gasteiger partial charge >= 0.3 is 0 Å². The van der Waals surface area contributed by atoms with Crippen LogP contribution in [-0.2, 0) is 0 Å². The Morgan fingerprint density at radius 1 is 1.21 bits per heavy atom. The molecule has 1 aromatic carbocycles. The third kappa shape index (κ3) is 6.05. The van der Waals surface area contributed by atoms with Gasteiger partial charge in [0.05, 0.1) is 9.40 Å². The van der Waals surface area contributed by atoms with Crippen molar-refractivity contribution < 1.29 is 4.92 Å². The van der Waals surface area contributed by atoms with Crippen molar-refractivity contribution in [1.29, 1.82) is 0 Å². The lowest BCUT2D eigenvalue weighted by Gasteiger charge is -2.07. The van der Waals surface area contributed by atoms with Crippen LogP contribution in [0.15, 0.2) is 22.7 Å². The summed E-state index contributed by atoms with van der Waals surface area (Å²) in [5.74, 6) is 0. The molecule has 0 aliphatic rings. The number of nitro benzene ring substituents is 1. The highest BCUT2D eigenvalue weighted by Gasteiger charge is 2.11. The maximum atomic E-state index is 10.7. The molecule has 5 heteroatoms. The number of nitrogens with zero attached hydrogens (tertiary/aromatic N) is 1. The van der Waals surface area contributed by atoms with E-state index in [1.54, 1.807) is 12.1 Å². The third-order valence-electron chi connectivity index (χ3n) is 3.00. The summed E-state index contributed by atoms with van der Waals surface area (Å²) in [5.41, 5.74) is 1.02. The van der Waals surface area contributed by atoms with Crippen LogP contribution in [-0.4, -0.2) is 11.5 Å². The average molecular weight is 329 g/mol. The van der Waals surface area contributed by atoms with Gasteiger partial charge in [0.2, 0.25) is 0 Å². The molecule has 1 N–H and O–H groups in total. The molecule has 1 rings (SSSR count). The molecule has 19 heavy (non-hydrogen) atoms. The molecular weight excluding hydrogens is 308 g/mol. The first kappa shape index (κ1) is 16.0. The van der Waals surface area contributed by atoms with Gasteiger partial charge in [0.25, 0.3) is 5.69 Å². The predicted molar refractivity (Wildman–Crippen MR) is 82.7 cm³/mol. The zero-order chi connectivity index (χ0) is 14.1. The van der Waals surface area contributed by atoms with Crippen molar-refractivity contribution in [2.24, 2.45) is 0 Å². The van der Waals surface area contributed by atoms with Crippen LogP contribution in [0.3, 0.4) is 0 Å². The highest BCUT2D eigenvalue weighted by Crippen LogP contribution is 2.27. The van der Waals surface area contributed by atoms with Crippen molar-refractivity contribution in [2.75, 3.05) is 11.9 Å². The quantitative estimate of drug-likeness (QED) is 0.388. The summed E-state index contributed by atoms with van der Waals surface area (Å²) in [7, 11) is 0.